The van der Waals surface area contributed by atoms with E-state index in [1.807, 2.05) is 23.1 Å². The highest BCUT2D eigenvalue weighted by molar-refractivity contribution is 5.94. The zero-order valence-electron chi connectivity index (χ0n) is 24.7. The topological polar surface area (TPSA) is 85.6 Å². The Balaban J connectivity index is 1.42. The maximum absolute atomic E-state index is 16.6. The van der Waals surface area contributed by atoms with E-state index in [-0.39, 0.29) is 37.1 Å². The number of fused-ring (bicyclic) bond motifs is 2. The van der Waals surface area contributed by atoms with Gasteiger partial charge in [0.15, 0.2) is 11.6 Å². The van der Waals surface area contributed by atoms with Gasteiger partial charge in [0.05, 0.1) is 18.5 Å². The van der Waals surface area contributed by atoms with Crippen molar-refractivity contribution in [2.24, 2.45) is 0 Å². The molecule has 8 nitrogen and oxygen atoms in total. The molecule has 1 aromatic heterocycles. The quantitative estimate of drug-likeness (QED) is 0.344. The Morgan fingerprint density at radius 3 is 2.72 bits per heavy atom. The van der Waals surface area contributed by atoms with Crippen LogP contribution in [0.15, 0.2) is 42.7 Å². The maximum atomic E-state index is 16.6. The van der Waals surface area contributed by atoms with Gasteiger partial charge in [0.1, 0.15) is 17.9 Å². The van der Waals surface area contributed by atoms with Gasteiger partial charge < -0.3 is 19.4 Å². The predicted molar refractivity (Wildman–Crippen MR) is 161 cm³/mol. The highest BCUT2D eigenvalue weighted by Crippen LogP contribution is 2.42. The summed E-state index contributed by atoms with van der Waals surface area (Å²) in [5.41, 5.74) is 3.97. The number of hydrogen-bond donors (Lipinski definition) is 0. The van der Waals surface area contributed by atoms with Gasteiger partial charge in [0.2, 0.25) is 0 Å². The fourth-order valence-corrected chi connectivity index (χ4v) is 6.92. The van der Waals surface area contributed by atoms with Crippen LogP contribution in [0.4, 0.5) is 14.6 Å². The summed E-state index contributed by atoms with van der Waals surface area (Å²) in [6.07, 6.45) is 4.11. The van der Waals surface area contributed by atoms with Gasteiger partial charge in [-0.2, -0.15) is 15.2 Å². The van der Waals surface area contributed by atoms with E-state index in [9.17, 15) is 14.4 Å². The molecule has 43 heavy (non-hydrogen) atoms. The number of aromatic nitrogens is 2. The van der Waals surface area contributed by atoms with Crippen molar-refractivity contribution in [1.82, 2.24) is 19.8 Å². The zero-order valence-corrected chi connectivity index (χ0v) is 24.7. The van der Waals surface area contributed by atoms with E-state index in [1.54, 1.807) is 6.07 Å². The molecule has 0 radical (unpaired) electrons. The lowest BCUT2D eigenvalue weighted by Gasteiger charge is -2.41. The Labute approximate surface area is 250 Å². The van der Waals surface area contributed by atoms with Crippen LogP contribution in [-0.4, -0.2) is 77.6 Å². The van der Waals surface area contributed by atoms with Crippen molar-refractivity contribution in [3.63, 3.8) is 0 Å². The number of piperazine rings is 1. The summed E-state index contributed by atoms with van der Waals surface area (Å²) in [5.74, 6) is -1.52. The van der Waals surface area contributed by atoms with Crippen LogP contribution < -0.4 is 9.64 Å². The van der Waals surface area contributed by atoms with E-state index < -0.39 is 23.6 Å². The van der Waals surface area contributed by atoms with Gasteiger partial charge in [-0.05, 0) is 68.0 Å². The number of nitriles is 1. The highest BCUT2D eigenvalue weighted by Gasteiger charge is 2.34. The van der Waals surface area contributed by atoms with Crippen molar-refractivity contribution in [2.75, 3.05) is 44.7 Å². The van der Waals surface area contributed by atoms with Gasteiger partial charge in [-0.25, -0.2) is 8.78 Å². The number of rotatable bonds is 7. The molecule has 6 rings (SSSR count). The molecule has 2 saturated heterocycles. The number of halogens is 2. The van der Waals surface area contributed by atoms with E-state index in [0.29, 0.717) is 35.8 Å². The number of likely N-dealkylation sites (N-methyl/N-ethyl adjacent to an activating group) is 1. The molecule has 2 aromatic carbocycles. The summed E-state index contributed by atoms with van der Waals surface area (Å²) < 4.78 is 36.5. The van der Waals surface area contributed by atoms with Gasteiger partial charge in [0, 0.05) is 36.6 Å². The molecule has 0 N–H and O–H groups in total. The van der Waals surface area contributed by atoms with Crippen LogP contribution in [0.2, 0.25) is 0 Å². The Morgan fingerprint density at radius 2 is 1.98 bits per heavy atom. The van der Waals surface area contributed by atoms with Crippen molar-refractivity contribution in [3.8, 4) is 23.2 Å². The molecule has 0 bridgehead atoms. The molecule has 3 aliphatic rings. The number of anilines is 1. The van der Waals surface area contributed by atoms with Crippen LogP contribution in [-0.2, 0) is 11.2 Å². The SMILES string of the molecule is C=C(F)C(=O)N1CCN(c2nc(OC[C@@H]3CCCN3C)nc3c(F)c(-c4cccc5c4C(C)CC5)ccc23)C[C@@H]1CC#N. The molecule has 0 saturated carbocycles. The van der Waals surface area contributed by atoms with Crippen molar-refractivity contribution < 1.29 is 18.3 Å². The Kier molecular flexibility index (Phi) is 8.01. The van der Waals surface area contributed by atoms with Crippen molar-refractivity contribution in [2.45, 2.75) is 57.0 Å². The fourth-order valence-electron chi connectivity index (χ4n) is 6.92. The number of hydrogen-bond acceptors (Lipinski definition) is 7. The molecule has 3 aromatic rings. The molecule has 3 heterocycles. The lowest BCUT2D eigenvalue weighted by Crippen LogP contribution is -2.55. The summed E-state index contributed by atoms with van der Waals surface area (Å²) in [5, 5.41) is 9.97. The largest absolute Gasteiger partial charge is 0.462 e. The van der Waals surface area contributed by atoms with Crippen LogP contribution in [0.5, 0.6) is 6.01 Å². The molecule has 10 heteroatoms. The van der Waals surface area contributed by atoms with Crippen LogP contribution in [0.25, 0.3) is 22.0 Å². The number of nitrogens with zero attached hydrogens (tertiary/aromatic N) is 6. The minimum Gasteiger partial charge on any atom is -0.462 e. The van der Waals surface area contributed by atoms with Gasteiger partial charge in [-0.1, -0.05) is 37.8 Å². The standard InChI is InChI=1S/C33H36F2N6O2/c1-20-9-10-22-6-4-8-25(28(20)22)26-11-12-27-30(29(26)35)37-33(43-19-24-7-5-15-39(24)3)38-31(27)40-16-17-41(32(42)21(2)34)23(18-40)13-14-36/h4,6,8,11-12,20,23-24H,2,5,7,9-10,13,15-19H2,1,3H3/t20?,23-,24-/m0/s1. The minimum atomic E-state index is -1.06. The van der Waals surface area contributed by atoms with Gasteiger partial charge in [-0.3, -0.25) is 4.79 Å². The normalized spacial score (nSPS) is 22.1. The summed E-state index contributed by atoms with van der Waals surface area (Å²) in [6.45, 7) is 7.39. The molecular weight excluding hydrogens is 550 g/mol. The minimum absolute atomic E-state index is 0.00567. The summed E-state index contributed by atoms with van der Waals surface area (Å²) >= 11 is 0. The second-order valence-electron chi connectivity index (χ2n) is 11.9. The lowest BCUT2D eigenvalue weighted by molar-refractivity contribution is -0.131. The first-order valence-electron chi connectivity index (χ1n) is 15.0. The van der Waals surface area contributed by atoms with Crippen molar-refractivity contribution in [1.29, 1.82) is 5.26 Å². The monoisotopic (exact) mass is 586 g/mol. The third-order valence-corrected chi connectivity index (χ3v) is 9.27. The predicted octanol–water partition coefficient (Wildman–Crippen LogP) is 5.37. The van der Waals surface area contributed by atoms with Crippen LogP contribution in [0.1, 0.15) is 49.7 Å². The average Bonchev–Trinajstić information content (AvgIpc) is 3.60. The van der Waals surface area contributed by atoms with Gasteiger partial charge >= 0.3 is 6.01 Å². The number of ether oxygens (including phenoxy) is 1. The van der Waals surface area contributed by atoms with E-state index in [2.05, 4.69) is 42.6 Å². The first-order chi connectivity index (χ1) is 20.8. The van der Waals surface area contributed by atoms with E-state index in [0.717, 1.165) is 37.8 Å². The average molecular weight is 587 g/mol. The zero-order chi connectivity index (χ0) is 30.2. The van der Waals surface area contributed by atoms with Crippen LogP contribution >= 0.6 is 0 Å². The third kappa shape index (κ3) is 5.42. The number of carbonyl (C=O) groups is 1. The molecule has 1 aliphatic carbocycles. The highest BCUT2D eigenvalue weighted by atomic mass is 19.1. The molecule has 1 amide bonds. The third-order valence-electron chi connectivity index (χ3n) is 9.27. The molecule has 224 valence electrons. The Morgan fingerprint density at radius 1 is 1.14 bits per heavy atom. The number of amides is 1. The molecule has 3 atom stereocenters. The number of aryl methyl sites for hydroxylation is 1. The summed E-state index contributed by atoms with van der Waals surface area (Å²) in [6, 6.07) is 11.5. The molecular formula is C33H36F2N6O2. The first kappa shape index (κ1) is 29.0. The molecule has 1 unspecified atom stereocenters. The van der Waals surface area contributed by atoms with Crippen molar-refractivity contribution >= 4 is 22.6 Å². The number of carbonyl (C=O) groups excluding carboxylic acids is 1. The molecule has 2 aliphatic heterocycles. The van der Waals surface area contributed by atoms with E-state index in [4.69, 9.17) is 9.72 Å². The number of benzene rings is 2. The van der Waals surface area contributed by atoms with E-state index >= 15 is 4.39 Å². The second-order valence-corrected chi connectivity index (χ2v) is 11.9. The van der Waals surface area contributed by atoms with Crippen LogP contribution in [0.3, 0.4) is 0 Å². The van der Waals surface area contributed by atoms with Gasteiger partial charge in [0.25, 0.3) is 5.91 Å². The summed E-state index contributed by atoms with van der Waals surface area (Å²) in [4.78, 5) is 27.3. The number of likely N-dealkylation sites (tertiary alicyclic amines) is 1. The fraction of sp³-hybridized carbons (Fsp3) is 0.455. The summed E-state index contributed by atoms with van der Waals surface area (Å²) in [7, 11) is 2.06. The maximum Gasteiger partial charge on any atom is 0.319 e. The molecule has 0 spiro atoms. The smallest absolute Gasteiger partial charge is 0.319 e. The molecule has 2 fully saturated rings. The Bertz CT molecular complexity index is 1620. The van der Waals surface area contributed by atoms with Gasteiger partial charge in [-0.15, -0.1) is 0 Å². The van der Waals surface area contributed by atoms with Crippen LogP contribution in [0, 0.1) is 17.1 Å². The Hall–Kier alpha value is -4.10. The van der Waals surface area contributed by atoms with E-state index in [1.165, 1.54) is 16.0 Å². The van der Waals surface area contributed by atoms with Crippen molar-refractivity contribution in [3.05, 3.63) is 59.7 Å². The first-order valence-corrected chi connectivity index (χ1v) is 15.0. The lowest BCUT2D eigenvalue weighted by atomic mass is 9.91. The second kappa shape index (κ2) is 11.9.